The molecule has 1 rings (SSSR count). The summed E-state index contributed by atoms with van der Waals surface area (Å²) in [5.41, 5.74) is 0. The van der Waals surface area contributed by atoms with E-state index in [1.54, 1.807) is 0 Å². The summed E-state index contributed by atoms with van der Waals surface area (Å²) in [7, 11) is 0. The lowest BCUT2D eigenvalue weighted by molar-refractivity contribution is -0.302. The molecule has 0 spiro atoms. The van der Waals surface area contributed by atoms with E-state index < -0.39 is 49.5 Å². The van der Waals surface area contributed by atoms with E-state index in [1.807, 2.05) is 0 Å². The summed E-state index contributed by atoms with van der Waals surface area (Å²) in [5, 5.41) is 54.4. The number of rotatable bonds is 50. The standard InChI is InChI=1S/C56H111NO8/c1-3-5-7-9-11-13-15-16-17-18-19-20-21-22-23-24-25-26-27-28-29-30-31-32-33-34-35-36-38-40-42-44-46-52(60)57-49(48-64-56-55(63)54(62)53(61)51(47-58)65-56)50(59)45-43-41-39-37-14-12-10-8-6-4-2/h49-51,53-56,58-59,61-63H,3-48H2,1-2H3,(H,57,60)/t49-,50+,51+,53-,54?,55?,56+/m0/s1. The van der Waals surface area contributed by atoms with Crippen LogP contribution in [0.25, 0.3) is 0 Å². The summed E-state index contributed by atoms with van der Waals surface area (Å²) in [5.74, 6) is -0.139. The molecule has 0 aromatic rings. The van der Waals surface area contributed by atoms with E-state index in [0.717, 1.165) is 38.5 Å². The monoisotopic (exact) mass is 926 g/mol. The van der Waals surface area contributed by atoms with Crippen LogP contribution < -0.4 is 5.32 Å². The molecule has 2 unspecified atom stereocenters. The lowest BCUT2D eigenvalue weighted by Gasteiger charge is -2.40. The van der Waals surface area contributed by atoms with Gasteiger partial charge in [-0.2, -0.15) is 0 Å². The van der Waals surface area contributed by atoms with Gasteiger partial charge in [0, 0.05) is 6.42 Å². The smallest absolute Gasteiger partial charge is 0.220 e. The molecule has 0 aromatic heterocycles. The second kappa shape index (κ2) is 46.9. The number of hydrogen-bond donors (Lipinski definition) is 6. The molecular formula is C56H111NO8. The quantitative estimate of drug-likeness (QED) is 0.0330. The lowest BCUT2D eigenvalue weighted by Crippen LogP contribution is -2.60. The maximum atomic E-state index is 13.0. The summed E-state index contributed by atoms with van der Waals surface area (Å²) in [4.78, 5) is 13.0. The molecule has 1 aliphatic heterocycles. The molecule has 1 saturated heterocycles. The zero-order chi connectivity index (χ0) is 47.3. The number of amides is 1. The van der Waals surface area contributed by atoms with E-state index in [9.17, 15) is 30.3 Å². The van der Waals surface area contributed by atoms with Crippen LogP contribution in [-0.2, 0) is 14.3 Å². The van der Waals surface area contributed by atoms with E-state index in [0.29, 0.717) is 12.8 Å². The molecule has 65 heavy (non-hydrogen) atoms. The van der Waals surface area contributed by atoms with Crippen LogP contribution in [0.2, 0.25) is 0 Å². The van der Waals surface area contributed by atoms with Gasteiger partial charge in [-0.1, -0.05) is 277 Å². The Bertz CT molecular complexity index is 986. The van der Waals surface area contributed by atoms with Crippen LogP contribution in [-0.4, -0.2) is 87.5 Å². The van der Waals surface area contributed by atoms with Crippen LogP contribution in [0.15, 0.2) is 0 Å². The summed E-state index contributed by atoms with van der Waals surface area (Å²) >= 11 is 0. The van der Waals surface area contributed by atoms with Crippen LogP contribution in [0.5, 0.6) is 0 Å². The second-order valence-electron chi connectivity index (χ2n) is 20.5. The molecule has 0 saturated carbocycles. The molecule has 1 amide bonds. The molecule has 388 valence electrons. The van der Waals surface area contributed by atoms with Crippen molar-refractivity contribution in [3.05, 3.63) is 0 Å². The first-order chi connectivity index (χ1) is 31.8. The van der Waals surface area contributed by atoms with Crippen LogP contribution >= 0.6 is 0 Å². The van der Waals surface area contributed by atoms with Gasteiger partial charge >= 0.3 is 0 Å². The fraction of sp³-hybridized carbons (Fsp3) is 0.982. The molecule has 1 fully saturated rings. The number of ether oxygens (including phenoxy) is 2. The molecule has 9 nitrogen and oxygen atoms in total. The molecule has 0 aliphatic carbocycles. The van der Waals surface area contributed by atoms with E-state index in [-0.39, 0.29) is 12.5 Å². The molecule has 9 heteroatoms. The highest BCUT2D eigenvalue weighted by atomic mass is 16.7. The summed E-state index contributed by atoms with van der Waals surface area (Å²) in [6.07, 6.45) is 48.8. The van der Waals surface area contributed by atoms with Crippen molar-refractivity contribution >= 4 is 5.91 Å². The summed E-state index contributed by atoms with van der Waals surface area (Å²) in [6.45, 7) is 3.85. The van der Waals surface area contributed by atoms with Crippen molar-refractivity contribution in [1.29, 1.82) is 0 Å². The Kier molecular flexibility index (Phi) is 44.9. The highest BCUT2D eigenvalue weighted by Crippen LogP contribution is 2.23. The zero-order valence-electron chi connectivity index (χ0n) is 43.0. The van der Waals surface area contributed by atoms with Crippen LogP contribution in [0.1, 0.15) is 296 Å². The molecule has 0 aromatic carbocycles. The maximum Gasteiger partial charge on any atom is 0.220 e. The molecule has 7 atom stereocenters. The highest BCUT2D eigenvalue weighted by molar-refractivity contribution is 5.76. The molecule has 6 N–H and O–H groups in total. The van der Waals surface area contributed by atoms with Crippen molar-refractivity contribution < 1.29 is 39.8 Å². The van der Waals surface area contributed by atoms with Crippen LogP contribution in [0.4, 0.5) is 0 Å². The maximum absolute atomic E-state index is 13.0. The lowest BCUT2D eigenvalue weighted by atomic mass is 9.99. The van der Waals surface area contributed by atoms with Gasteiger partial charge in [0.1, 0.15) is 24.4 Å². The summed E-state index contributed by atoms with van der Waals surface area (Å²) < 4.78 is 11.3. The molecular weight excluding hydrogens is 815 g/mol. The number of aliphatic hydroxyl groups excluding tert-OH is 5. The van der Waals surface area contributed by atoms with Crippen LogP contribution in [0.3, 0.4) is 0 Å². The number of unbranched alkanes of at least 4 members (excludes halogenated alkanes) is 40. The third-order valence-corrected chi connectivity index (χ3v) is 14.2. The van der Waals surface area contributed by atoms with Crippen molar-refractivity contribution in [3.63, 3.8) is 0 Å². The Morgan fingerprint density at radius 2 is 0.769 bits per heavy atom. The Hall–Kier alpha value is -0.810. The largest absolute Gasteiger partial charge is 0.394 e. The summed E-state index contributed by atoms with van der Waals surface area (Å²) in [6, 6.07) is -0.711. The molecule has 0 radical (unpaired) electrons. The van der Waals surface area contributed by atoms with Gasteiger partial charge in [-0.05, 0) is 12.8 Å². The highest BCUT2D eigenvalue weighted by Gasteiger charge is 2.44. The SMILES string of the molecule is CCCCCCCCCCCCCCCCCCCCCCCCCCCCCCCCCCC(=O)N[C@@H](CO[C@@H]1O[C@H](CO)[C@H](O)C(O)C1O)[C@H](O)CCCCCCCCCCCC. The topological polar surface area (TPSA) is 149 Å². The van der Waals surface area contributed by atoms with Gasteiger partial charge in [-0.25, -0.2) is 0 Å². The van der Waals surface area contributed by atoms with Crippen molar-refractivity contribution in [2.45, 2.75) is 339 Å². The first kappa shape index (κ1) is 62.2. The first-order valence-corrected chi connectivity index (χ1v) is 28.7. The van der Waals surface area contributed by atoms with Gasteiger partial charge in [0.25, 0.3) is 0 Å². The number of nitrogens with one attached hydrogen (secondary N) is 1. The molecule has 1 heterocycles. The Labute approximate surface area is 402 Å². The number of aliphatic hydroxyl groups is 5. The predicted octanol–water partition coefficient (Wildman–Crippen LogP) is 13.9. The van der Waals surface area contributed by atoms with Gasteiger partial charge < -0.3 is 40.3 Å². The minimum atomic E-state index is -1.55. The van der Waals surface area contributed by atoms with Gasteiger partial charge in [-0.3, -0.25) is 4.79 Å². The fourth-order valence-electron chi connectivity index (χ4n) is 9.64. The average Bonchev–Trinajstić information content (AvgIpc) is 3.31. The minimum Gasteiger partial charge on any atom is -0.394 e. The minimum absolute atomic E-state index is 0.132. The third kappa shape index (κ3) is 36.8. The van der Waals surface area contributed by atoms with Gasteiger partial charge in [0.15, 0.2) is 6.29 Å². The van der Waals surface area contributed by atoms with Gasteiger partial charge in [-0.15, -0.1) is 0 Å². The van der Waals surface area contributed by atoms with Crippen molar-refractivity contribution in [3.8, 4) is 0 Å². The van der Waals surface area contributed by atoms with Crippen molar-refractivity contribution in [1.82, 2.24) is 5.32 Å². The fourth-order valence-corrected chi connectivity index (χ4v) is 9.64. The van der Waals surface area contributed by atoms with Gasteiger partial charge in [0.2, 0.25) is 5.91 Å². The Balaban J connectivity index is 2.04. The predicted molar refractivity (Wildman–Crippen MR) is 272 cm³/mol. The van der Waals surface area contributed by atoms with E-state index in [2.05, 4.69) is 19.2 Å². The van der Waals surface area contributed by atoms with E-state index in [4.69, 9.17) is 9.47 Å². The average molecular weight is 927 g/mol. The Morgan fingerprint density at radius 3 is 1.09 bits per heavy atom. The van der Waals surface area contributed by atoms with Crippen molar-refractivity contribution in [2.75, 3.05) is 13.2 Å². The second-order valence-corrected chi connectivity index (χ2v) is 20.5. The van der Waals surface area contributed by atoms with E-state index >= 15 is 0 Å². The van der Waals surface area contributed by atoms with Crippen LogP contribution in [0, 0.1) is 0 Å². The molecule has 1 aliphatic rings. The zero-order valence-corrected chi connectivity index (χ0v) is 43.0. The normalized spacial score (nSPS) is 19.8. The Morgan fingerprint density at radius 1 is 0.462 bits per heavy atom. The van der Waals surface area contributed by atoms with E-state index in [1.165, 1.54) is 231 Å². The number of carbonyl (C=O) groups is 1. The number of hydrogen-bond acceptors (Lipinski definition) is 8. The first-order valence-electron chi connectivity index (χ1n) is 28.7. The van der Waals surface area contributed by atoms with Crippen molar-refractivity contribution in [2.24, 2.45) is 0 Å². The van der Waals surface area contributed by atoms with Gasteiger partial charge in [0.05, 0.1) is 25.4 Å². The third-order valence-electron chi connectivity index (χ3n) is 14.2. The molecule has 0 bridgehead atoms. The number of carbonyl (C=O) groups excluding carboxylic acids is 1.